The molecule has 0 spiro atoms. The predicted octanol–water partition coefficient (Wildman–Crippen LogP) is 2.46. The zero-order valence-corrected chi connectivity index (χ0v) is 9.81. The van der Waals surface area contributed by atoms with Crippen molar-refractivity contribution in [2.75, 3.05) is 4.43 Å². The fourth-order valence-corrected chi connectivity index (χ4v) is 4.25. The van der Waals surface area contributed by atoms with Crippen LogP contribution in [0.3, 0.4) is 0 Å². The van der Waals surface area contributed by atoms with Crippen molar-refractivity contribution >= 4 is 0 Å². The standard InChI is InChI=1S/C9H20I.4CH4/c1-5-8(4)9(6-2)10-7-3;;;;/h8-9H,5-7H2,1-4H3;4*1H4/q-1;;;;. The Balaban J connectivity index is -0.0000000675. The van der Waals surface area contributed by atoms with E-state index >= 15 is 0 Å². The van der Waals surface area contributed by atoms with Crippen LogP contribution in [0.4, 0.5) is 0 Å². The summed E-state index contributed by atoms with van der Waals surface area (Å²) in [5.41, 5.74) is 0. The molecule has 0 aliphatic heterocycles. The molecular weight excluding hydrogens is 283 g/mol. The second-order valence-corrected chi connectivity index (χ2v) is 6.74. The first kappa shape index (κ1) is 29.3. The molecule has 96 valence electrons. The Morgan fingerprint density at radius 2 is 1.29 bits per heavy atom. The zero-order valence-electron chi connectivity index (χ0n) is 7.65. The first-order chi connectivity index (χ1) is 4.76. The summed E-state index contributed by atoms with van der Waals surface area (Å²) in [7, 11) is 0. The van der Waals surface area contributed by atoms with Crippen LogP contribution in [0.5, 0.6) is 0 Å². The number of rotatable bonds is 5. The van der Waals surface area contributed by atoms with Crippen molar-refractivity contribution in [3.05, 3.63) is 0 Å². The molecule has 0 aromatic rings. The molecule has 0 aromatic carbocycles. The van der Waals surface area contributed by atoms with Gasteiger partial charge in [-0.1, -0.05) is 29.7 Å². The monoisotopic (exact) mass is 319 g/mol. The van der Waals surface area contributed by atoms with Gasteiger partial charge in [-0.2, -0.15) is 0 Å². The molecule has 0 saturated heterocycles. The summed E-state index contributed by atoms with van der Waals surface area (Å²) < 4.78 is 2.55. The normalized spacial score (nSPS) is 12.3. The molecule has 2 unspecified atom stereocenters. The molecule has 0 nitrogen and oxygen atoms in total. The van der Waals surface area contributed by atoms with Gasteiger partial charge in [0.05, 0.1) is 0 Å². The Hall–Kier alpha value is 0.730. The van der Waals surface area contributed by atoms with Gasteiger partial charge in [0, 0.05) is 0 Å². The molecular formula is C13H36I-. The zero-order chi connectivity index (χ0) is 7.98. The van der Waals surface area contributed by atoms with Gasteiger partial charge in [0.2, 0.25) is 0 Å². The topological polar surface area (TPSA) is 0 Å². The molecule has 1 heteroatoms. The predicted molar refractivity (Wildman–Crippen MR) is 71.0 cm³/mol. The van der Waals surface area contributed by atoms with E-state index < -0.39 is 0 Å². The van der Waals surface area contributed by atoms with Gasteiger partial charge in [-0.3, -0.25) is 0 Å². The summed E-state index contributed by atoms with van der Waals surface area (Å²) in [6.45, 7) is 9.39. The summed E-state index contributed by atoms with van der Waals surface area (Å²) in [5.74, 6) is 0.984. The van der Waals surface area contributed by atoms with Gasteiger partial charge in [0.1, 0.15) is 0 Å². The fraction of sp³-hybridized carbons (Fsp3) is 1.00. The average Bonchev–Trinajstić information content (AvgIpc) is 1.99. The van der Waals surface area contributed by atoms with E-state index in [9.17, 15) is 0 Å². The SMILES string of the molecule is C.C.C.C.CC[I-]C(CC)C(C)CC. The molecule has 0 aliphatic carbocycles. The van der Waals surface area contributed by atoms with Crippen LogP contribution in [-0.4, -0.2) is 8.35 Å². The molecule has 0 rings (SSSR count). The van der Waals surface area contributed by atoms with Crippen molar-refractivity contribution in [1.29, 1.82) is 0 Å². The number of alkyl halides is 2. The Kier molecular flexibility index (Phi) is 40.5. The first-order valence-electron chi connectivity index (χ1n) is 4.33. The van der Waals surface area contributed by atoms with E-state index in [2.05, 4.69) is 27.7 Å². The van der Waals surface area contributed by atoms with Gasteiger partial charge < -0.3 is 0 Å². The van der Waals surface area contributed by atoms with Crippen molar-refractivity contribution in [3.8, 4) is 0 Å². The first-order valence-corrected chi connectivity index (χ1v) is 7.11. The van der Waals surface area contributed by atoms with Crippen LogP contribution in [0.15, 0.2) is 0 Å². The van der Waals surface area contributed by atoms with Crippen LogP contribution in [-0.2, 0) is 0 Å². The number of halogens is 1. The van der Waals surface area contributed by atoms with Crippen molar-refractivity contribution < 1.29 is 21.2 Å². The Morgan fingerprint density at radius 1 is 0.857 bits per heavy atom. The molecule has 0 radical (unpaired) electrons. The molecule has 2 atom stereocenters. The van der Waals surface area contributed by atoms with E-state index in [-0.39, 0.29) is 29.7 Å². The summed E-state index contributed by atoms with van der Waals surface area (Å²) >= 11 is 0.515. The molecule has 0 bridgehead atoms. The fourth-order valence-electron chi connectivity index (χ4n) is 1.12. The van der Waals surface area contributed by atoms with Crippen LogP contribution >= 0.6 is 0 Å². The van der Waals surface area contributed by atoms with Gasteiger partial charge in [0.25, 0.3) is 0 Å². The second kappa shape index (κ2) is 19.3. The van der Waals surface area contributed by atoms with E-state index in [4.69, 9.17) is 0 Å². The van der Waals surface area contributed by atoms with Crippen LogP contribution < -0.4 is 21.2 Å². The minimum absolute atomic E-state index is 0. The van der Waals surface area contributed by atoms with Gasteiger partial charge >= 0.3 is 76.0 Å². The van der Waals surface area contributed by atoms with Crippen molar-refractivity contribution in [1.82, 2.24) is 0 Å². The molecule has 0 heterocycles. The van der Waals surface area contributed by atoms with Crippen LogP contribution in [0.25, 0.3) is 0 Å². The van der Waals surface area contributed by atoms with Gasteiger partial charge in [-0.05, 0) is 0 Å². The molecule has 0 aliphatic rings. The molecule has 0 amide bonds. The molecule has 14 heavy (non-hydrogen) atoms. The molecule has 0 saturated carbocycles. The van der Waals surface area contributed by atoms with Gasteiger partial charge in [0.15, 0.2) is 0 Å². The van der Waals surface area contributed by atoms with Crippen LogP contribution in [0.1, 0.15) is 70.2 Å². The summed E-state index contributed by atoms with van der Waals surface area (Å²) in [6.07, 6.45) is 2.79. The van der Waals surface area contributed by atoms with Gasteiger partial charge in [-0.15, -0.1) is 0 Å². The summed E-state index contributed by atoms with van der Waals surface area (Å²) in [4.78, 5) is 0. The quantitative estimate of drug-likeness (QED) is 0.539. The molecule has 0 N–H and O–H groups in total. The third kappa shape index (κ3) is 12.7. The van der Waals surface area contributed by atoms with E-state index in [0.29, 0.717) is 21.2 Å². The third-order valence-electron chi connectivity index (χ3n) is 2.00. The van der Waals surface area contributed by atoms with E-state index in [1.54, 1.807) is 0 Å². The Labute approximate surface area is 106 Å². The van der Waals surface area contributed by atoms with Gasteiger partial charge in [-0.25, -0.2) is 0 Å². The second-order valence-electron chi connectivity index (χ2n) is 2.73. The van der Waals surface area contributed by atoms with Crippen molar-refractivity contribution in [2.45, 2.75) is 74.2 Å². The number of hydrogen-bond acceptors (Lipinski definition) is 0. The third-order valence-corrected chi connectivity index (χ3v) is 6.12. The maximum atomic E-state index is 2.41. The van der Waals surface area contributed by atoms with Crippen molar-refractivity contribution in [2.24, 2.45) is 5.92 Å². The van der Waals surface area contributed by atoms with Crippen molar-refractivity contribution in [3.63, 3.8) is 0 Å². The summed E-state index contributed by atoms with van der Waals surface area (Å²) in [5, 5.41) is 0. The summed E-state index contributed by atoms with van der Waals surface area (Å²) in [6, 6.07) is 0. The molecule has 0 aromatic heterocycles. The number of hydrogen-bond donors (Lipinski definition) is 0. The van der Waals surface area contributed by atoms with E-state index in [1.165, 1.54) is 17.3 Å². The Morgan fingerprint density at radius 3 is 1.50 bits per heavy atom. The maximum absolute atomic E-state index is 2.41. The van der Waals surface area contributed by atoms with E-state index in [0.717, 1.165) is 9.84 Å². The average molecular weight is 319 g/mol. The van der Waals surface area contributed by atoms with E-state index in [1.807, 2.05) is 0 Å². The minimum atomic E-state index is 0. The molecule has 0 fully saturated rings. The Bertz CT molecular complexity index is 71.6. The van der Waals surface area contributed by atoms with Crippen LogP contribution in [0, 0.1) is 5.92 Å². The van der Waals surface area contributed by atoms with Crippen LogP contribution in [0.2, 0.25) is 0 Å².